The topological polar surface area (TPSA) is 35.5 Å². The molecule has 112 valence electrons. The van der Waals surface area contributed by atoms with Gasteiger partial charge >= 0.3 is 5.97 Å². The lowest BCUT2D eigenvalue weighted by atomic mass is 9.86. The predicted molar refractivity (Wildman–Crippen MR) is 81.5 cm³/mol. The second kappa shape index (κ2) is 6.29. The Balaban J connectivity index is 3.22. The Morgan fingerprint density at radius 2 is 1.65 bits per heavy atom. The summed E-state index contributed by atoms with van der Waals surface area (Å²) >= 11 is 0. The molecule has 3 heteroatoms. The maximum absolute atomic E-state index is 12.2. The molecule has 0 aromatic heterocycles. The Labute approximate surface area is 122 Å². The van der Waals surface area contributed by atoms with Gasteiger partial charge in [0.25, 0.3) is 0 Å². The lowest BCUT2D eigenvalue weighted by Crippen LogP contribution is -2.18. The van der Waals surface area contributed by atoms with E-state index in [1.165, 1.54) is 0 Å². The highest BCUT2D eigenvalue weighted by Crippen LogP contribution is 2.29. The van der Waals surface area contributed by atoms with E-state index in [2.05, 4.69) is 20.8 Å². The summed E-state index contributed by atoms with van der Waals surface area (Å²) in [7, 11) is 0. The number of rotatable bonds is 4. The van der Waals surface area contributed by atoms with Crippen LogP contribution < -0.4 is 4.74 Å². The Bertz CT molecular complexity index is 468. The molecule has 0 atom stereocenters. The van der Waals surface area contributed by atoms with Crippen molar-refractivity contribution in [2.24, 2.45) is 0 Å². The molecule has 0 aliphatic heterocycles. The van der Waals surface area contributed by atoms with E-state index in [-0.39, 0.29) is 23.6 Å². The average molecular weight is 278 g/mol. The van der Waals surface area contributed by atoms with Crippen LogP contribution in [-0.2, 0) is 10.2 Å². The Morgan fingerprint density at radius 3 is 2.10 bits per heavy atom. The third-order valence-electron chi connectivity index (χ3n) is 2.77. The maximum Gasteiger partial charge on any atom is 0.342 e. The van der Waals surface area contributed by atoms with Crippen LogP contribution in [0.2, 0.25) is 0 Å². The van der Waals surface area contributed by atoms with Gasteiger partial charge in [0.15, 0.2) is 0 Å². The van der Waals surface area contributed by atoms with Crippen LogP contribution >= 0.6 is 0 Å². The second-order valence-electron chi connectivity index (χ2n) is 6.58. The summed E-state index contributed by atoms with van der Waals surface area (Å²) in [6.07, 6.45) is -0.131. The van der Waals surface area contributed by atoms with E-state index >= 15 is 0 Å². The molecule has 0 unspecified atom stereocenters. The Kier molecular flexibility index (Phi) is 5.21. The zero-order chi connectivity index (χ0) is 15.5. The number of hydrogen-bond acceptors (Lipinski definition) is 3. The van der Waals surface area contributed by atoms with Crippen LogP contribution in [0.5, 0.6) is 5.75 Å². The molecule has 0 saturated heterocycles. The fraction of sp³-hybridized carbons (Fsp3) is 0.588. The monoisotopic (exact) mass is 278 g/mol. The van der Waals surface area contributed by atoms with Crippen molar-refractivity contribution in [3.05, 3.63) is 29.3 Å². The van der Waals surface area contributed by atoms with Gasteiger partial charge in [-0.25, -0.2) is 4.79 Å². The molecule has 0 aliphatic rings. The molecule has 0 aliphatic carbocycles. The molecule has 0 spiro atoms. The standard InChI is InChI=1S/C17H26O3/c1-11(2)19-15-9-8-13(17(5,6)7)10-14(15)16(18)20-12(3)4/h8-12H,1-7H3. The largest absolute Gasteiger partial charge is 0.490 e. The molecule has 1 aromatic rings. The van der Waals surface area contributed by atoms with E-state index in [1.54, 1.807) is 0 Å². The molecule has 0 amide bonds. The van der Waals surface area contributed by atoms with Gasteiger partial charge in [0.2, 0.25) is 0 Å². The summed E-state index contributed by atoms with van der Waals surface area (Å²) in [5.41, 5.74) is 1.56. The predicted octanol–water partition coefficient (Wildman–Crippen LogP) is 4.34. The van der Waals surface area contributed by atoms with Crippen molar-refractivity contribution < 1.29 is 14.3 Å². The normalized spacial score (nSPS) is 11.8. The number of esters is 1. The highest BCUT2D eigenvalue weighted by atomic mass is 16.5. The highest BCUT2D eigenvalue weighted by Gasteiger charge is 2.21. The summed E-state index contributed by atoms with van der Waals surface area (Å²) in [5.74, 6) is 0.250. The minimum Gasteiger partial charge on any atom is -0.490 e. The third-order valence-corrected chi connectivity index (χ3v) is 2.77. The quantitative estimate of drug-likeness (QED) is 0.769. The number of carbonyl (C=O) groups is 1. The zero-order valence-corrected chi connectivity index (χ0v) is 13.6. The molecule has 0 N–H and O–H groups in total. The van der Waals surface area contributed by atoms with Crippen molar-refractivity contribution in [1.29, 1.82) is 0 Å². The van der Waals surface area contributed by atoms with Gasteiger partial charge in [-0.05, 0) is 50.8 Å². The minimum absolute atomic E-state index is 0.0149. The number of benzene rings is 1. The smallest absolute Gasteiger partial charge is 0.342 e. The van der Waals surface area contributed by atoms with Crippen LogP contribution in [0.1, 0.15) is 64.4 Å². The van der Waals surface area contributed by atoms with Gasteiger partial charge in [-0.3, -0.25) is 0 Å². The van der Waals surface area contributed by atoms with Crippen molar-refractivity contribution in [3.8, 4) is 5.75 Å². The van der Waals surface area contributed by atoms with E-state index in [4.69, 9.17) is 9.47 Å². The summed E-state index contributed by atoms with van der Waals surface area (Å²) in [5, 5.41) is 0. The van der Waals surface area contributed by atoms with Crippen molar-refractivity contribution >= 4 is 5.97 Å². The van der Waals surface area contributed by atoms with Crippen molar-refractivity contribution in [3.63, 3.8) is 0 Å². The van der Waals surface area contributed by atoms with E-state index in [0.29, 0.717) is 11.3 Å². The number of hydrogen-bond donors (Lipinski definition) is 0. The molecule has 0 heterocycles. The molecule has 0 bridgehead atoms. The van der Waals surface area contributed by atoms with Crippen LogP contribution in [0.25, 0.3) is 0 Å². The van der Waals surface area contributed by atoms with Crippen molar-refractivity contribution in [1.82, 2.24) is 0 Å². The van der Waals surface area contributed by atoms with E-state index in [0.717, 1.165) is 5.56 Å². The van der Waals surface area contributed by atoms with Gasteiger partial charge in [-0.2, -0.15) is 0 Å². The SMILES string of the molecule is CC(C)OC(=O)c1cc(C(C)(C)C)ccc1OC(C)C. The van der Waals surface area contributed by atoms with Gasteiger partial charge in [-0.15, -0.1) is 0 Å². The van der Waals surface area contributed by atoms with E-state index in [1.807, 2.05) is 45.9 Å². The molecule has 0 radical (unpaired) electrons. The highest BCUT2D eigenvalue weighted by molar-refractivity contribution is 5.93. The molecular weight excluding hydrogens is 252 g/mol. The Morgan fingerprint density at radius 1 is 1.05 bits per heavy atom. The third kappa shape index (κ3) is 4.55. The van der Waals surface area contributed by atoms with Crippen molar-refractivity contribution in [2.75, 3.05) is 0 Å². The van der Waals surface area contributed by atoms with Gasteiger partial charge < -0.3 is 9.47 Å². The van der Waals surface area contributed by atoms with Crippen LogP contribution in [0, 0.1) is 0 Å². The fourth-order valence-electron chi connectivity index (χ4n) is 1.79. The van der Waals surface area contributed by atoms with E-state index in [9.17, 15) is 4.79 Å². The first-order valence-electron chi connectivity index (χ1n) is 7.13. The summed E-state index contributed by atoms with van der Waals surface area (Å²) in [4.78, 5) is 12.2. The van der Waals surface area contributed by atoms with Crippen LogP contribution in [0.15, 0.2) is 18.2 Å². The Hall–Kier alpha value is -1.51. The van der Waals surface area contributed by atoms with Crippen LogP contribution in [0.3, 0.4) is 0 Å². The molecule has 20 heavy (non-hydrogen) atoms. The van der Waals surface area contributed by atoms with Crippen LogP contribution in [-0.4, -0.2) is 18.2 Å². The zero-order valence-electron chi connectivity index (χ0n) is 13.6. The number of carbonyl (C=O) groups excluding carboxylic acids is 1. The molecular formula is C17H26O3. The maximum atomic E-state index is 12.2. The molecule has 0 saturated carbocycles. The lowest BCUT2D eigenvalue weighted by molar-refractivity contribution is 0.0372. The lowest BCUT2D eigenvalue weighted by Gasteiger charge is -2.22. The first kappa shape index (κ1) is 16.5. The first-order valence-corrected chi connectivity index (χ1v) is 7.13. The van der Waals surface area contributed by atoms with Gasteiger partial charge in [-0.1, -0.05) is 26.8 Å². The average Bonchev–Trinajstić information content (AvgIpc) is 2.25. The molecule has 3 nitrogen and oxygen atoms in total. The molecule has 0 fully saturated rings. The summed E-state index contributed by atoms with van der Waals surface area (Å²) < 4.78 is 11.0. The number of ether oxygens (including phenoxy) is 2. The van der Waals surface area contributed by atoms with Crippen LogP contribution in [0.4, 0.5) is 0 Å². The summed E-state index contributed by atoms with van der Waals surface area (Å²) in [6, 6.07) is 5.74. The van der Waals surface area contributed by atoms with Gasteiger partial charge in [0, 0.05) is 0 Å². The molecule has 1 aromatic carbocycles. The van der Waals surface area contributed by atoms with Crippen molar-refractivity contribution in [2.45, 2.75) is 66.1 Å². The van der Waals surface area contributed by atoms with Gasteiger partial charge in [0.1, 0.15) is 11.3 Å². The van der Waals surface area contributed by atoms with E-state index < -0.39 is 0 Å². The fourth-order valence-corrected chi connectivity index (χ4v) is 1.79. The van der Waals surface area contributed by atoms with Gasteiger partial charge in [0.05, 0.1) is 12.2 Å². The second-order valence-corrected chi connectivity index (χ2v) is 6.58. The summed E-state index contributed by atoms with van der Waals surface area (Å²) in [6.45, 7) is 13.9. The first-order chi connectivity index (χ1) is 9.11. The minimum atomic E-state index is -0.332. The molecule has 1 rings (SSSR count).